The number of benzene rings is 2. The van der Waals surface area contributed by atoms with Crippen LogP contribution in [0.2, 0.25) is 0 Å². The van der Waals surface area contributed by atoms with Crippen molar-refractivity contribution in [2.24, 2.45) is 0 Å². The summed E-state index contributed by atoms with van der Waals surface area (Å²) in [4.78, 5) is 52.3. The van der Waals surface area contributed by atoms with Gasteiger partial charge in [0.15, 0.2) is 0 Å². The molecule has 1 heterocycles. The summed E-state index contributed by atoms with van der Waals surface area (Å²) in [6.07, 6.45) is 0.143. The van der Waals surface area contributed by atoms with Crippen LogP contribution in [0.25, 0.3) is 0 Å². The molecule has 0 N–H and O–H groups in total. The fourth-order valence-electron chi connectivity index (χ4n) is 3.23. The minimum atomic E-state index is -0.599. The highest BCUT2D eigenvalue weighted by molar-refractivity contribution is 6.42. The van der Waals surface area contributed by atoms with E-state index in [0.29, 0.717) is 24.2 Å². The van der Waals surface area contributed by atoms with Crippen LogP contribution in [0.1, 0.15) is 32.7 Å². The number of carbonyl (C=O) groups excluding carboxylic acids is 4. The predicted octanol–water partition coefficient (Wildman–Crippen LogP) is 1.92. The Bertz CT molecular complexity index is 926. The van der Waals surface area contributed by atoms with E-state index in [1.54, 1.807) is 53.4 Å². The maximum Gasteiger partial charge on any atom is 0.337 e. The Balaban J connectivity index is 1.66. The molecule has 0 unspecified atom stereocenters. The number of hydrogen-bond acceptors (Lipinski definition) is 5. The van der Waals surface area contributed by atoms with E-state index < -0.39 is 17.7 Å². The van der Waals surface area contributed by atoms with Gasteiger partial charge in [-0.15, -0.1) is 0 Å². The van der Waals surface area contributed by atoms with E-state index in [-0.39, 0.29) is 25.4 Å². The number of amides is 2. The third-order valence-electron chi connectivity index (χ3n) is 4.83. The molecule has 0 spiro atoms. The van der Waals surface area contributed by atoms with Gasteiger partial charge in [-0.05, 0) is 17.7 Å². The van der Waals surface area contributed by atoms with E-state index >= 15 is 0 Å². The number of rotatable bonds is 5. The minimum Gasteiger partial charge on any atom is -0.465 e. The van der Waals surface area contributed by atoms with Crippen LogP contribution in [0.5, 0.6) is 0 Å². The van der Waals surface area contributed by atoms with Crippen molar-refractivity contribution in [2.45, 2.75) is 13.0 Å². The first-order chi connectivity index (χ1) is 14.0. The first-order valence-electron chi connectivity index (χ1n) is 9.33. The molecule has 2 aromatic carbocycles. The third kappa shape index (κ3) is 4.87. The van der Waals surface area contributed by atoms with Crippen LogP contribution in [0.4, 0.5) is 0 Å². The zero-order valence-electron chi connectivity index (χ0n) is 16.2. The third-order valence-corrected chi connectivity index (χ3v) is 4.83. The zero-order valence-corrected chi connectivity index (χ0v) is 16.2. The smallest absolute Gasteiger partial charge is 0.337 e. The van der Waals surface area contributed by atoms with E-state index in [0.717, 1.165) is 5.56 Å². The van der Waals surface area contributed by atoms with Crippen LogP contribution in [-0.2, 0) is 20.9 Å². The standard InChI is InChI=1S/C22H22N2O5/c1-29-22(28)18-9-5-6-16(14-18)15-24-13-12-23(11-10-19(24)25)21(27)20(26)17-7-3-2-4-8-17/h2-9,14H,10-13,15H2,1H3. The lowest BCUT2D eigenvalue weighted by atomic mass is 10.1. The Morgan fingerprint density at radius 3 is 2.38 bits per heavy atom. The van der Waals surface area contributed by atoms with Gasteiger partial charge in [-0.25, -0.2) is 4.79 Å². The van der Waals surface area contributed by atoms with Gasteiger partial charge >= 0.3 is 5.97 Å². The quantitative estimate of drug-likeness (QED) is 0.440. The molecule has 2 aromatic rings. The molecule has 0 saturated carbocycles. The van der Waals surface area contributed by atoms with Gasteiger partial charge in [0.1, 0.15) is 0 Å². The number of methoxy groups -OCH3 is 1. The lowest BCUT2D eigenvalue weighted by molar-refractivity contribution is -0.130. The normalized spacial score (nSPS) is 14.3. The molecule has 0 atom stereocenters. The van der Waals surface area contributed by atoms with Gasteiger partial charge < -0.3 is 14.5 Å². The topological polar surface area (TPSA) is 84.0 Å². The van der Waals surface area contributed by atoms with E-state index in [2.05, 4.69) is 0 Å². The fourth-order valence-corrected chi connectivity index (χ4v) is 3.23. The number of ether oxygens (including phenoxy) is 1. The molecule has 29 heavy (non-hydrogen) atoms. The van der Waals surface area contributed by atoms with Gasteiger partial charge in [0.25, 0.3) is 5.91 Å². The van der Waals surface area contributed by atoms with Crippen molar-refractivity contribution in [1.29, 1.82) is 0 Å². The van der Waals surface area contributed by atoms with Crippen molar-refractivity contribution < 1.29 is 23.9 Å². The summed E-state index contributed by atoms with van der Waals surface area (Å²) in [7, 11) is 1.32. The molecule has 0 bridgehead atoms. The zero-order chi connectivity index (χ0) is 20.8. The van der Waals surface area contributed by atoms with E-state index in [1.807, 2.05) is 6.07 Å². The molecule has 3 rings (SSSR count). The van der Waals surface area contributed by atoms with Gasteiger partial charge in [0.05, 0.1) is 12.7 Å². The molecule has 1 aliphatic heterocycles. The highest BCUT2D eigenvalue weighted by Crippen LogP contribution is 2.14. The fraction of sp³-hybridized carbons (Fsp3) is 0.273. The van der Waals surface area contributed by atoms with Crippen molar-refractivity contribution in [3.05, 3.63) is 71.3 Å². The Morgan fingerprint density at radius 2 is 1.66 bits per heavy atom. The van der Waals surface area contributed by atoms with E-state index in [4.69, 9.17) is 4.74 Å². The van der Waals surface area contributed by atoms with Crippen molar-refractivity contribution in [2.75, 3.05) is 26.7 Å². The van der Waals surface area contributed by atoms with Gasteiger partial charge in [-0.1, -0.05) is 42.5 Å². The number of ketones is 1. The summed E-state index contributed by atoms with van der Waals surface area (Å²) in [5.41, 5.74) is 1.54. The molecule has 0 aromatic heterocycles. The van der Waals surface area contributed by atoms with Gasteiger partial charge in [-0.3, -0.25) is 14.4 Å². The summed E-state index contributed by atoms with van der Waals surface area (Å²) < 4.78 is 4.73. The SMILES string of the molecule is COC(=O)c1cccc(CN2CCN(C(=O)C(=O)c3ccccc3)CCC2=O)c1. The van der Waals surface area contributed by atoms with Crippen molar-refractivity contribution >= 4 is 23.6 Å². The summed E-state index contributed by atoms with van der Waals surface area (Å²) in [5.74, 6) is -1.71. The first kappa shape index (κ1) is 20.3. The molecule has 1 saturated heterocycles. The molecule has 7 nitrogen and oxygen atoms in total. The Kier molecular flexibility index (Phi) is 6.39. The average molecular weight is 394 g/mol. The summed E-state index contributed by atoms with van der Waals surface area (Å²) in [6, 6.07) is 15.3. The largest absolute Gasteiger partial charge is 0.465 e. The van der Waals surface area contributed by atoms with Crippen molar-refractivity contribution in [3.8, 4) is 0 Å². The van der Waals surface area contributed by atoms with Crippen molar-refractivity contribution in [1.82, 2.24) is 9.80 Å². The van der Waals surface area contributed by atoms with Gasteiger partial charge in [0, 0.05) is 38.2 Å². The predicted molar refractivity (Wildman–Crippen MR) is 105 cm³/mol. The number of esters is 1. The highest BCUT2D eigenvalue weighted by atomic mass is 16.5. The van der Waals surface area contributed by atoms with Crippen LogP contribution in [0, 0.1) is 0 Å². The maximum atomic E-state index is 12.6. The minimum absolute atomic E-state index is 0.101. The number of carbonyl (C=O) groups is 4. The Hall–Kier alpha value is -3.48. The van der Waals surface area contributed by atoms with Gasteiger partial charge in [0.2, 0.25) is 11.7 Å². The summed E-state index contributed by atoms with van der Waals surface area (Å²) >= 11 is 0. The van der Waals surface area contributed by atoms with E-state index in [9.17, 15) is 19.2 Å². The number of Topliss-reactive ketones (excluding diaryl/α,β-unsaturated/α-hetero) is 1. The molecule has 1 fully saturated rings. The van der Waals surface area contributed by atoms with E-state index in [1.165, 1.54) is 12.0 Å². The van der Waals surface area contributed by atoms with Crippen LogP contribution in [-0.4, -0.2) is 60.1 Å². The Morgan fingerprint density at radius 1 is 0.931 bits per heavy atom. The molecule has 7 heteroatoms. The second kappa shape index (κ2) is 9.14. The van der Waals surface area contributed by atoms with Crippen LogP contribution in [0.3, 0.4) is 0 Å². The highest BCUT2D eigenvalue weighted by Gasteiger charge is 2.28. The lowest BCUT2D eigenvalue weighted by Gasteiger charge is -2.22. The van der Waals surface area contributed by atoms with Crippen LogP contribution in [0.15, 0.2) is 54.6 Å². The molecule has 150 valence electrons. The average Bonchev–Trinajstić information content (AvgIpc) is 2.94. The monoisotopic (exact) mass is 394 g/mol. The second-order valence-corrected chi connectivity index (χ2v) is 6.74. The number of hydrogen-bond donors (Lipinski definition) is 0. The maximum absolute atomic E-state index is 12.6. The van der Waals surface area contributed by atoms with Gasteiger partial charge in [-0.2, -0.15) is 0 Å². The summed E-state index contributed by atoms with van der Waals surface area (Å²) in [6.45, 7) is 1.11. The number of nitrogens with zero attached hydrogens (tertiary/aromatic N) is 2. The molecular weight excluding hydrogens is 372 g/mol. The molecule has 0 aliphatic carbocycles. The van der Waals surface area contributed by atoms with Crippen LogP contribution < -0.4 is 0 Å². The molecule has 0 radical (unpaired) electrons. The summed E-state index contributed by atoms with van der Waals surface area (Å²) in [5, 5.41) is 0. The second-order valence-electron chi connectivity index (χ2n) is 6.74. The van der Waals surface area contributed by atoms with Crippen LogP contribution >= 0.6 is 0 Å². The molecule has 1 aliphatic rings. The first-order valence-corrected chi connectivity index (χ1v) is 9.33. The van der Waals surface area contributed by atoms with Crippen molar-refractivity contribution in [3.63, 3.8) is 0 Å². The molecular formula is C22H22N2O5. The Labute approximate surface area is 168 Å². The lowest BCUT2D eigenvalue weighted by Crippen LogP contribution is -2.39. The molecule has 2 amide bonds.